The third-order valence-electron chi connectivity index (χ3n) is 2.92. The zero-order valence-corrected chi connectivity index (χ0v) is 11.6. The second-order valence-electron chi connectivity index (χ2n) is 4.80. The van der Waals surface area contributed by atoms with Crippen LogP contribution in [0.1, 0.15) is 23.5 Å². The number of hydrogen-bond acceptors (Lipinski definition) is 4. The molecule has 1 aromatic rings. The van der Waals surface area contributed by atoms with E-state index in [1.807, 2.05) is 0 Å². The highest BCUT2D eigenvalue weighted by Crippen LogP contribution is 2.30. The first-order valence-electron chi connectivity index (χ1n) is 6.44. The number of rotatable bonds is 7. The van der Waals surface area contributed by atoms with Crippen molar-refractivity contribution in [3.8, 4) is 0 Å². The number of halogens is 3. The smallest absolute Gasteiger partial charge is 0.355 e. The van der Waals surface area contributed by atoms with Gasteiger partial charge in [-0.3, -0.25) is 4.79 Å². The first-order valence-corrected chi connectivity index (χ1v) is 7.32. The summed E-state index contributed by atoms with van der Waals surface area (Å²) < 4.78 is 37.0. The normalized spacial score (nSPS) is 15.3. The Bertz CT molecular complexity index is 457. The van der Waals surface area contributed by atoms with Gasteiger partial charge in [0.15, 0.2) is 5.69 Å². The maximum Gasteiger partial charge on any atom is 0.434 e. The Hall–Kier alpha value is -1.15. The van der Waals surface area contributed by atoms with Gasteiger partial charge in [-0.05, 0) is 25.3 Å². The van der Waals surface area contributed by atoms with Crippen molar-refractivity contribution < 1.29 is 18.0 Å². The predicted octanol–water partition coefficient (Wildman–Crippen LogP) is 1.82. The van der Waals surface area contributed by atoms with Gasteiger partial charge in [0.25, 0.3) is 0 Å². The summed E-state index contributed by atoms with van der Waals surface area (Å²) in [4.78, 5) is 14.9. The molecule has 1 aliphatic rings. The summed E-state index contributed by atoms with van der Waals surface area (Å²) >= 11 is 0.960. The van der Waals surface area contributed by atoms with Crippen molar-refractivity contribution in [2.75, 3.05) is 19.6 Å². The molecular formula is C12H16F3N3OS. The lowest BCUT2D eigenvalue weighted by Gasteiger charge is -2.05. The third-order valence-corrected chi connectivity index (χ3v) is 3.83. The fraction of sp³-hybridized carbons (Fsp3) is 0.667. The van der Waals surface area contributed by atoms with Crippen molar-refractivity contribution in [1.82, 2.24) is 15.6 Å². The molecule has 0 radical (unpaired) electrons. The summed E-state index contributed by atoms with van der Waals surface area (Å²) in [6.45, 7) is 1.41. The summed E-state index contributed by atoms with van der Waals surface area (Å²) in [5.41, 5.74) is -0.866. The summed E-state index contributed by atoms with van der Waals surface area (Å²) in [5.74, 6) is 0.567. The van der Waals surface area contributed by atoms with E-state index in [0.717, 1.165) is 23.3 Å². The Labute approximate surface area is 118 Å². The van der Waals surface area contributed by atoms with Crippen molar-refractivity contribution in [1.29, 1.82) is 0 Å². The lowest BCUT2D eigenvalue weighted by atomic mass is 10.4. The fourth-order valence-corrected chi connectivity index (χ4v) is 2.44. The quantitative estimate of drug-likeness (QED) is 0.808. The molecule has 1 heterocycles. The van der Waals surface area contributed by atoms with Crippen LogP contribution in [0.25, 0.3) is 0 Å². The minimum Gasteiger partial charge on any atom is -0.355 e. The predicted molar refractivity (Wildman–Crippen MR) is 69.4 cm³/mol. The van der Waals surface area contributed by atoms with Gasteiger partial charge in [0.2, 0.25) is 5.91 Å². The van der Waals surface area contributed by atoms with Crippen LogP contribution in [0.5, 0.6) is 0 Å². The van der Waals surface area contributed by atoms with E-state index in [0.29, 0.717) is 23.9 Å². The van der Waals surface area contributed by atoms with Crippen LogP contribution < -0.4 is 10.6 Å². The molecule has 1 aromatic heterocycles. The van der Waals surface area contributed by atoms with E-state index in [1.165, 1.54) is 12.8 Å². The highest BCUT2D eigenvalue weighted by Gasteiger charge is 2.33. The minimum absolute atomic E-state index is 0.141. The van der Waals surface area contributed by atoms with E-state index in [1.54, 1.807) is 0 Å². The number of carbonyl (C=O) groups is 1. The van der Waals surface area contributed by atoms with Crippen LogP contribution in [0, 0.1) is 5.92 Å². The molecule has 1 amide bonds. The monoisotopic (exact) mass is 307 g/mol. The number of alkyl halides is 3. The average Bonchev–Trinajstić information content (AvgIpc) is 3.04. The Kier molecular flexibility index (Phi) is 4.98. The Balaban J connectivity index is 1.62. The van der Waals surface area contributed by atoms with E-state index >= 15 is 0 Å². The Morgan fingerprint density at radius 3 is 2.80 bits per heavy atom. The molecule has 112 valence electrons. The van der Waals surface area contributed by atoms with Crippen molar-refractivity contribution in [3.05, 3.63) is 16.1 Å². The standard InChI is InChI=1S/C12H16F3N3OS/c13-12(14,15)9-7-20-11(18-9)3-4-17-10(19)6-16-5-8-1-2-8/h7-8,16H,1-6H2,(H,17,19). The van der Waals surface area contributed by atoms with Gasteiger partial charge in [0, 0.05) is 18.3 Å². The first kappa shape index (κ1) is 15.2. The molecule has 1 saturated carbocycles. The Morgan fingerprint density at radius 2 is 2.20 bits per heavy atom. The molecule has 2 N–H and O–H groups in total. The summed E-state index contributed by atoms with van der Waals surface area (Å²) in [7, 11) is 0. The minimum atomic E-state index is -4.40. The van der Waals surface area contributed by atoms with Crippen molar-refractivity contribution in [2.45, 2.75) is 25.4 Å². The molecule has 2 rings (SSSR count). The summed E-state index contributed by atoms with van der Waals surface area (Å²) in [5, 5.41) is 7.08. The average molecular weight is 307 g/mol. The highest BCUT2D eigenvalue weighted by atomic mass is 32.1. The molecule has 0 aliphatic heterocycles. The van der Waals surface area contributed by atoms with E-state index in [-0.39, 0.29) is 12.5 Å². The van der Waals surface area contributed by atoms with Gasteiger partial charge >= 0.3 is 6.18 Å². The van der Waals surface area contributed by atoms with E-state index in [9.17, 15) is 18.0 Å². The highest BCUT2D eigenvalue weighted by molar-refractivity contribution is 7.09. The van der Waals surface area contributed by atoms with Gasteiger partial charge in [0.1, 0.15) is 0 Å². The maximum atomic E-state index is 12.3. The van der Waals surface area contributed by atoms with Gasteiger partial charge in [0.05, 0.1) is 11.6 Å². The van der Waals surface area contributed by atoms with Crippen LogP contribution in [0.15, 0.2) is 5.38 Å². The van der Waals surface area contributed by atoms with Crippen molar-refractivity contribution in [2.24, 2.45) is 5.92 Å². The van der Waals surface area contributed by atoms with Crippen LogP contribution in [-0.2, 0) is 17.4 Å². The van der Waals surface area contributed by atoms with Crippen LogP contribution in [-0.4, -0.2) is 30.5 Å². The topological polar surface area (TPSA) is 54.0 Å². The third kappa shape index (κ3) is 5.09. The van der Waals surface area contributed by atoms with Crippen molar-refractivity contribution >= 4 is 17.2 Å². The molecule has 0 aromatic carbocycles. The molecule has 4 nitrogen and oxygen atoms in total. The number of nitrogens with one attached hydrogen (secondary N) is 2. The SMILES string of the molecule is O=C(CNCC1CC1)NCCc1nc(C(F)(F)F)cs1. The van der Waals surface area contributed by atoms with Gasteiger partial charge < -0.3 is 10.6 Å². The second kappa shape index (κ2) is 6.53. The molecule has 1 aliphatic carbocycles. The lowest BCUT2D eigenvalue weighted by Crippen LogP contribution is -2.35. The first-order chi connectivity index (χ1) is 9.45. The zero-order chi connectivity index (χ0) is 14.6. The van der Waals surface area contributed by atoms with Crippen LogP contribution in [0.4, 0.5) is 13.2 Å². The number of aromatic nitrogens is 1. The molecule has 0 saturated heterocycles. The van der Waals surface area contributed by atoms with Gasteiger partial charge in [-0.1, -0.05) is 0 Å². The molecule has 1 fully saturated rings. The second-order valence-corrected chi connectivity index (χ2v) is 5.74. The molecule has 0 spiro atoms. The van der Waals surface area contributed by atoms with Crippen LogP contribution in [0.2, 0.25) is 0 Å². The molecule has 0 atom stereocenters. The Morgan fingerprint density at radius 1 is 1.45 bits per heavy atom. The van der Waals surface area contributed by atoms with E-state index in [2.05, 4.69) is 15.6 Å². The molecule has 0 unspecified atom stereocenters. The number of amides is 1. The summed E-state index contributed by atoms with van der Waals surface area (Å²) in [6, 6.07) is 0. The molecule has 0 bridgehead atoms. The van der Waals surface area contributed by atoms with E-state index in [4.69, 9.17) is 0 Å². The number of hydrogen-bond donors (Lipinski definition) is 2. The fourth-order valence-electron chi connectivity index (χ4n) is 1.64. The van der Waals surface area contributed by atoms with Crippen molar-refractivity contribution in [3.63, 3.8) is 0 Å². The van der Waals surface area contributed by atoms with E-state index < -0.39 is 11.9 Å². The van der Waals surface area contributed by atoms with Gasteiger partial charge in [-0.15, -0.1) is 11.3 Å². The lowest BCUT2D eigenvalue weighted by molar-refractivity contribution is -0.140. The number of carbonyl (C=O) groups excluding carboxylic acids is 1. The van der Waals surface area contributed by atoms with Gasteiger partial charge in [-0.2, -0.15) is 13.2 Å². The zero-order valence-electron chi connectivity index (χ0n) is 10.8. The number of nitrogens with zero attached hydrogens (tertiary/aromatic N) is 1. The van der Waals surface area contributed by atoms with Crippen LogP contribution >= 0.6 is 11.3 Å². The number of thiazole rings is 1. The van der Waals surface area contributed by atoms with Gasteiger partial charge in [-0.25, -0.2) is 4.98 Å². The molecular weight excluding hydrogens is 291 g/mol. The molecule has 20 heavy (non-hydrogen) atoms. The van der Waals surface area contributed by atoms with Crippen LogP contribution in [0.3, 0.4) is 0 Å². The summed E-state index contributed by atoms with van der Waals surface area (Å²) in [6.07, 6.45) is -1.64. The largest absolute Gasteiger partial charge is 0.434 e. The molecule has 8 heteroatoms. The maximum absolute atomic E-state index is 12.3.